The third-order valence-corrected chi connectivity index (χ3v) is 17.0. The minimum absolute atomic E-state index is 0.0458. The van der Waals surface area contributed by atoms with Crippen molar-refractivity contribution in [2.24, 2.45) is 0 Å². The van der Waals surface area contributed by atoms with E-state index in [0.29, 0.717) is 6.54 Å². The molecule has 33 heavy (non-hydrogen) atoms. The van der Waals surface area contributed by atoms with Crippen molar-refractivity contribution in [3.8, 4) is 0 Å². The van der Waals surface area contributed by atoms with Crippen LogP contribution in [0.3, 0.4) is 0 Å². The zero-order chi connectivity index (χ0) is 24.9. The van der Waals surface area contributed by atoms with Gasteiger partial charge in [0.25, 0.3) is 0 Å². The van der Waals surface area contributed by atoms with Crippen molar-refractivity contribution < 1.29 is 18.4 Å². The standard InChI is InChI=1S/C26H43NO4Si2/c1-24(2,3)32(7,8)30-21-16-17-22(31-33(9,10)25(4,5)6)27-19-26(21,27)23(28)29-18-20-14-12-11-13-15-20/h11-17,21-22H,18-19H2,1-10H3/t21-,22+,26-,27?/m0/s1. The molecule has 1 aromatic carbocycles. The summed E-state index contributed by atoms with van der Waals surface area (Å²) in [6, 6.07) is 9.83. The lowest BCUT2D eigenvalue weighted by molar-refractivity contribution is -0.153. The van der Waals surface area contributed by atoms with E-state index in [2.05, 4.69) is 84.8 Å². The van der Waals surface area contributed by atoms with Crippen LogP contribution in [0, 0.1) is 0 Å². The van der Waals surface area contributed by atoms with E-state index < -0.39 is 22.2 Å². The van der Waals surface area contributed by atoms with Crippen LogP contribution in [0.25, 0.3) is 0 Å². The highest BCUT2D eigenvalue weighted by molar-refractivity contribution is 6.74. The Balaban J connectivity index is 1.86. The Bertz CT molecular complexity index is 886. The molecule has 4 atom stereocenters. The summed E-state index contributed by atoms with van der Waals surface area (Å²) in [6.07, 6.45) is 3.59. The molecule has 1 unspecified atom stereocenters. The lowest BCUT2D eigenvalue weighted by Gasteiger charge is -2.43. The summed E-state index contributed by atoms with van der Waals surface area (Å²) in [5.74, 6) is -0.219. The van der Waals surface area contributed by atoms with E-state index in [9.17, 15) is 4.79 Å². The van der Waals surface area contributed by atoms with Crippen LogP contribution in [-0.2, 0) is 25.0 Å². The average molecular weight is 490 g/mol. The second kappa shape index (κ2) is 8.75. The number of fused-ring (bicyclic) bond motifs is 1. The molecular weight excluding hydrogens is 446 g/mol. The van der Waals surface area contributed by atoms with Gasteiger partial charge in [0.1, 0.15) is 12.8 Å². The number of hydrogen-bond donors (Lipinski definition) is 0. The van der Waals surface area contributed by atoms with Crippen molar-refractivity contribution in [2.45, 2.75) is 102 Å². The summed E-state index contributed by atoms with van der Waals surface area (Å²) >= 11 is 0. The highest BCUT2D eigenvalue weighted by Gasteiger charge is 2.69. The fraction of sp³-hybridized carbons (Fsp3) is 0.654. The molecule has 7 heteroatoms. The maximum absolute atomic E-state index is 13.6. The van der Waals surface area contributed by atoms with Crippen LogP contribution >= 0.6 is 0 Å². The maximum Gasteiger partial charge on any atom is 0.331 e. The number of esters is 1. The number of carbonyl (C=O) groups excluding carboxylic acids is 1. The molecule has 2 aliphatic rings. The summed E-state index contributed by atoms with van der Waals surface area (Å²) in [5.41, 5.74) is 0.170. The van der Waals surface area contributed by atoms with Crippen LogP contribution in [0.4, 0.5) is 0 Å². The molecule has 2 aliphatic heterocycles. The monoisotopic (exact) mass is 489 g/mol. The SMILES string of the molecule is CC(C)(C)[Si](C)(C)O[C@H]1C=C[C@@H](O[Si](C)(C)C(C)(C)C)N2C[C@@]12C(=O)OCc1ccccc1. The Labute approximate surface area is 202 Å². The fourth-order valence-electron chi connectivity index (χ4n) is 3.61. The molecular formula is C26H43NO4Si2. The van der Waals surface area contributed by atoms with E-state index in [-0.39, 0.29) is 35.0 Å². The minimum Gasteiger partial charge on any atom is -0.459 e. The first-order chi connectivity index (χ1) is 15.0. The largest absolute Gasteiger partial charge is 0.459 e. The highest BCUT2D eigenvalue weighted by atomic mass is 28.4. The van der Waals surface area contributed by atoms with Gasteiger partial charge in [-0.15, -0.1) is 0 Å². The van der Waals surface area contributed by atoms with Gasteiger partial charge in [0.15, 0.2) is 22.2 Å². The van der Waals surface area contributed by atoms with Crippen molar-refractivity contribution >= 4 is 22.6 Å². The topological polar surface area (TPSA) is 47.8 Å². The van der Waals surface area contributed by atoms with Crippen molar-refractivity contribution in [3.63, 3.8) is 0 Å². The first kappa shape index (κ1) is 26.4. The number of nitrogens with zero attached hydrogens (tertiary/aromatic N) is 1. The van der Waals surface area contributed by atoms with Gasteiger partial charge in [-0.1, -0.05) is 78.0 Å². The summed E-state index contributed by atoms with van der Waals surface area (Å²) in [6.45, 7) is 23.2. The van der Waals surface area contributed by atoms with Crippen LogP contribution < -0.4 is 0 Å². The quantitative estimate of drug-likeness (QED) is 0.201. The van der Waals surface area contributed by atoms with Gasteiger partial charge >= 0.3 is 5.97 Å². The average Bonchev–Trinajstić information content (AvgIpc) is 3.45. The molecule has 1 aromatic rings. The molecule has 0 radical (unpaired) electrons. The zero-order valence-electron chi connectivity index (χ0n) is 22.2. The molecule has 5 nitrogen and oxygen atoms in total. The summed E-state index contributed by atoms with van der Waals surface area (Å²) in [7, 11) is -4.13. The van der Waals surface area contributed by atoms with Crippen molar-refractivity contribution in [1.29, 1.82) is 0 Å². The molecule has 0 spiro atoms. The molecule has 0 saturated carbocycles. The van der Waals surface area contributed by atoms with Gasteiger partial charge in [-0.05, 0) is 47.9 Å². The van der Waals surface area contributed by atoms with E-state index in [0.717, 1.165) is 5.56 Å². The Kier molecular flexibility index (Phi) is 6.99. The van der Waals surface area contributed by atoms with Gasteiger partial charge in [-0.3, -0.25) is 4.90 Å². The van der Waals surface area contributed by atoms with Crippen molar-refractivity contribution in [3.05, 3.63) is 48.0 Å². The predicted molar refractivity (Wildman–Crippen MR) is 139 cm³/mol. The van der Waals surface area contributed by atoms with E-state index in [1.165, 1.54) is 0 Å². The second-order valence-corrected chi connectivity index (χ2v) is 22.1. The smallest absolute Gasteiger partial charge is 0.331 e. The van der Waals surface area contributed by atoms with E-state index >= 15 is 0 Å². The second-order valence-electron chi connectivity index (χ2n) is 12.6. The normalized spacial score (nSPS) is 27.8. The van der Waals surface area contributed by atoms with Crippen LogP contribution in [0.2, 0.25) is 36.3 Å². The van der Waals surface area contributed by atoms with Crippen molar-refractivity contribution in [2.75, 3.05) is 6.54 Å². The van der Waals surface area contributed by atoms with Crippen LogP contribution in [0.15, 0.2) is 42.5 Å². The van der Waals surface area contributed by atoms with Gasteiger partial charge < -0.3 is 13.6 Å². The van der Waals surface area contributed by atoms with Gasteiger partial charge in [-0.2, -0.15) is 0 Å². The van der Waals surface area contributed by atoms with Crippen LogP contribution in [-0.4, -0.2) is 51.9 Å². The minimum atomic E-state index is -2.10. The Morgan fingerprint density at radius 2 is 1.48 bits per heavy atom. The third-order valence-electron chi connectivity index (χ3n) is 8.06. The first-order valence-corrected chi connectivity index (χ1v) is 17.8. The Morgan fingerprint density at radius 3 is 2.03 bits per heavy atom. The Hall–Kier alpha value is -1.26. The molecule has 3 rings (SSSR count). The van der Waals surface area contributed by atoms with E-state index in [1.807, 2.05) is 30.3 Å². The van der Waals surface area contributed by atoms with Crippen LogP contribution in [0.1, 0.15) is 47.1 Å². The van der Waals surface area contributed by atoms with Crippen LogP contribution in [0.5, 0.6) is 0 Å². The number of hydrogen-bond acceptors (Lipinski definition) is 5. The van der Waals surface area contributed by atoms with Crippen molar-refractivity contribution in [1.82, 2.24) is 4.90 Å². The lowest BCUT2D eigenvalue weighted by Crippen LogP contribution is -2.55. The summed E-state index contributed by atoms with van der Waals surface area (Å²) in [4.78, 5) is 15.7. The number of ether oxygens (including phenoxy) is 1. The molecule has 0 aliphatic carbocycles. The molecule has 0 aromatic heterocycles. The molecule has 184 valence electrons. The lowest BCUT2D eigenvalue weighted by atomic mass is 10.00. The van der Waals surface area contributed by atoms with Gasteiger partial charge in [0.2, 0.25) is 0 Å². The molecule has 0 amide bonds. The molecule has 0 N–H and O–H groups in total. The highest BCUT2D eigenvalue weighted by Crippen LogP contribution is 2.49. The first-order valence-electron chi connectivity index (χ1n) is 12.0. The molecule has 0 bridgehead atoms. The van der Waals surface area contributed by atoms with E-state index in [4.69, 9.17) is 13.6 Å². The number of rotatable bonds is 7. The molecule has 1 fully saturated rings. The summed E-state index contributed by atoms with van der Waals surface area (Å²) < 4.78 is 19.4. The maximum atomic E-state index is 13.6. The van der Waals surface area contributed by atoms with Gasteiger partial charge in [0, 0.05) is 6.54 Å². The number of benzene rings is 1. The predicted octanol–water partition coefficient (Wildman–Crippen LogP) is 6.09. The third kappa shape index (κ3) is 5.22. The number of carbonyl (C=O) groups is 1. The van der Waals surface area contributed by atoms with Gasteiger partial charge in [0.05, 0.1) is 6.10 Å². The van der Waals surface area contributed by atoms with E-state index in [1.54, 1.807) is 0 Å². The summed E-state index contributed by atoms with van der Waals surface area (Å²) in [5, 5.41) is 0.131. The molecule has 1 saturated heterocycles. The van der Waals surface area contributed by atoms with Gasteiger partial charge in [-0.25, -0.2) is 4.79 Å². The molecule has 2 heterocycles. The Morgan fingerprint density at radius 1 is 0.939 bits per heavy atom. The zero-order valence-corrected chi connectivity index (χ0v) is 24.2. The fourth-order valence-corrected chi connectivity index (χ4v) is 6.04.